The van der Waals surface area contributed by atoms with Crippen LogP contribution in [-0.2, 0) is 19.1 Å². The van der Waals surface area contributed by atoms with Gasteiger partial charge in [0, 0.05) is 106 Å². The van der Waals surface area contributed by atoms with Gasteiger partial charge in [0.25, 0.3) is 0 Å². The van der Waals surface area contributed by atoms with E-state index in [-0.39, 0.29) is 93.4 Å². The van der Waals surface area contributed by atoms with Gasteiger partial charge < -0.3 is 39.4 Å². The van der Waals surface area contributed by atoms with E-state index >= 15 is 17.6 Å². The molecular weight excluding hydrogens is 969 g/mol. The molecule has 1 aliphatic carbocycles. The van der Waals surface area contributed by atoms with E-state index < -0.39 is 28.9 Å². The average molecular weight is 1040 g/mol. The summed E-state index contributed by atoms with van der Waals surface area (Å²) < 4.78 is 70.4. The van der Waals surface area contributed by atoms with Gasteiger partial charge in [-0.3, -0.25) is 9.67 Å². The van der Waals surface area contributed by atoms with Crippen LogP contribution < -0.4 is 45.3 Å². The zero-order valence-electron chi connectivity index (χ0n) is 44.3. The predicted octanol–water partition coefficient (Wildman–Crippen LogP) is 11.3. The standard InChI is InChI=1S/C33H44F2N5.C26H25ClF2N2O.CH3.Na/c1-21-10-11-27(22(2)36-21)32-28-20-29(34)30(31(35)33(28)38(4)37-32)25-12-16-40(17-13-25)26-14-18-39(19-15-26)23(3)24-8-6-5-7-9-24;1-5-9-19-25(29)22(17(13-31-19)15(3)30)23-21-14(2)26(4,16-10-7-6-8-11-16)32-20(21)12-18(28)24(23)27;;/h5,20,24-27,36H,1-3,6-19H2,4H3;6-8,10-14H,3,5,9,30H2,1-2,4H3;1H3;/q-1;;-1;+1. The number of aryl methyl sites for hydroxylation is 2. The van der Waals surface area contributed by atoms with Crippen molar-refractivity contribution in [3.05, 3.63) is 168 Å². The molecule has 1 saturated carbocycles. The number of aromatic nitrogens is 3. The van der Waals surface area contributed by atoms with Crippen LogP contribution in [0.5, 0.6) is 5.75 Å². The number of pyridine rings is 1. The molecule has 5 aromatic rings. The van der Waals surface area contributed by atoms with Crippen LogP contribution in [0.4, 0.5) is 17.6 Å². The van der Waals surface area contributed by atoms with Gasteiger partial charge in [-0.05, 0) is 88.4 Å². The van der Waals surface area contributed by atoms with Crippen LogP contribution in [-0.4, -0.2) is 56.8 Å². The van der Waals surface area contributed by atoms with Crippen molar-refractivity contribution in [3.8, 4) is 16.9 Å². The SMILES string of the molecule is C=C(N)c1cnc(CCC)c(F)c1-c1c(Cl)c(F)cc2c1C(C)C(C)(c1ccccc1)O2.C=C1CCC(c2nn(C)c3c(F)c(C4CCN(C5CCN(C(=C)C6CC[CH-]CC6)CC5)CC4)c(F)cc23)C(=C)N1.[CH3-].[Na+]. The van der Waals surface area contributed by atoms with Crippen molar-refractivity contribution < 1.29 is 51.9 Å². The Hall–Kier alpha value is -4.59. The molecule has 14 heteroatoms. The number of hydrogen-bond donors (Lipinski definition) is 2. The Labute approximate surface area is 463 Å². The van der Waals surface area contributed by atoms with Gasteiger partial charge in [-0.1, -0.05) is 101 Å². The number of rotatable bonds is 10. The quantitative estimate of drug-likeness (QED) is 0.0819. The van der Waals surface area contributed by atoms with Gasteiger partial charge in [0.05, 0.1) is 16.4 Å². The summed E-state index contributed by atoms with van der Waals surface area (Å²) in [6.07, 6.45) is 15.4. The normalized spacial score (nSPS) is 21.7. The predicted molar refractivity (Wildman–Crippen MR) is 289 cm³/mol. The Kier molecular flexibility index (Phi) is 18.3. The van der Waals surface area contributed by atoms with Crippen molar-refractivity contribution in [1.82, 2.24) is 29.9 Å². The van der Waals surface area contributed by atoms with Gasteiger partial charge in [0.15, 0.2) is 11.6 Å². The summed E-state index contributed by atoms with van der Waals surface area (Å²) in [4.78, 5) is 9.32. The molecule has 74 heavy (non-hydrogen) atoms. The van der Waals surface area contributed by atoms with Gasteiger partial charge in [0.2, 0.25) is 0 Å². The minimum Gasteiger partial charge on any atom is -0.482 e. The van der Waals surface area contributed by atoms with Gasteiger partial charge in [-0.25, -0.2) is 17.6 Å². The first-order valence-electron chi connectivity index (χ1n) is 25.9. The number of nitrogens with two attached hydrogens (primary N) is 1. The third kappa shape index (κ3) is 10.9. The molecule has 3 saturated heterocycles. The van der Waals surface area contributed by atoms with E-state index in [9.17, 15) is 0 Å². The number of piperidine rings is 3. The summed E-state index contributed by atoms with van der Waals surface area (Å²) in [7, 11) is 1.75. The van der Waals surface area contributed by atoms with E-state index in [1.54, 1.807) is 11.7 Å². The summed E-state index contributed by atoms with van der Waals surface area (Å²) >= 11 is 6.51. The zero-order valence-corrected chi connectivity index (χ0v) is 47.1. The van der Waals surface area contributed by atoms with Crippen molar-refractivity contribution in [2.75, 3.05) is 26.2 Å². The van der Waals surface area contributed by atoms with Crippen LogP contribution >= 0.6 is 11.6 Å². The number of nitrogens with one attached hydrogen (secondary N) is 1. The van der Waals surface area contributed by atoms with Crippen LogP contribution in [0.3, 0.4) is 0 Å². The fraction of sp³-hybridized carbons (Fsp3) is 0.433. The first-order valence-corrected chi connectivity index (χ1v) is 26.3. The van der Waals surface area contributed by atoms with Crippen LogP contribution in [0.15, 0.2) is 92.1 Å². The molecule has 5 aliphatic rings. The fourth-order valence-electron chi connectivity index (χ4n) is 12.3. The van der Waals surface area contributed by atoms with Crippen molar-refractivity contribution in [2.45, 2.75) is 127 Å². The molecule has 8 nitrogen and oxygen atoms in total. The fourth-order valence-corrected chi connectivity index (χ4v) is 12.5. The topological polar surface area (TPSA) is 84.5 Å². The van der Waals surface area contributed by atoms with E-state index in [4.69, 9.17) is 22.1 Å². The molecule has 3 atom stereocenters. The van der Waals surface area contributed by atoms with E-state index in [2.05, 4.69) is 57.9 Å². The Morgan fingerprint density at radius 2 is 1.59 bits per heavy atom. The zero-order chi connectivity index (χ0) is 51.2. The molecule has 3 N–H and O–H groups in total. The number of hydrogen-bond acceptors (Lipinski definition) is 7. The minimum atomic E-state index is -0.787. The van der Waals surface area contributed by atoms with Crippen molar-refractivity contribution in [1.29, 1.82) is 0 Å². The molecule has 3 aromatic carbocycles. The van der Waals surface area contributed by atoms with Crippen LogP contribution in [0.25, 0.3) is 27.7 Å². The number of fused-ring (bicyclic) bond motifs is 2. The van der Waals surface area contributed by atoms with Crippen LogP contribution in [0.2, 0.25) is 5.02 Å². The van der Waals surface area contributed by atoms with Gasteiger partial charge in [-0.15, -0.1) is 0 Å². The third-order valence-corrected chi connectivity index (χ3v) is 16.8. The first kappa shape index (κ1) is 57.1. The first-order chi connectivity index (χ1) is 34.5. The third-order valence-electron chi connectivity index (χ3n) is 16.5. The van der Waals surface area contributed by atoms with Crippen molar-refractivity contribution in [2.24, 2.45) is 18.7 Å². The summed E-state index contributed by atoms with van der Waals surface area (Å²) in [5, 5.41) is 8.25. The molecule has 4 fully saturated rings. The molecular formula is C60H72ClF4N7NaO-. The Bertz CT molecular complexity index is 2900. The largest absolute Gasteiger partial charge is 1.00 e. The molecule has 0 radical (unpaired) electrons. The summed E-state index contributed by atoms with van der Waals surface area (Å²) in [6.45, 7) is 26.1. The maximum atomic E-state index is 16.1. The number of nitrogens with zero attached hydrogens (tertiary/aromatic N) is 5. The van der Waals surface area contributed by atoms with Crippen LogP contribution in [0, 0.1) is 43.0 Å². The van der Waals surface area contributed by atoms with Crippen LogP contribution in [0.1, 0.15) is 143 Å². The molecule has 0 spiro atoms. The van der Waals surface area contributed by atoms with Gasteiger partial charge in [-0.2, -0.15) is 17.9 Å². The second-order valence-electron chi connectivity index (χ2n) is 20.8. The molecule has 0 amide bonds. The van der Waals surface area contributed by atoms with Crippen molar-refractivity contribution in [3.63, 3.8) is 0 Å². The Balaban J connectivity index is 0.000000216. The minimum absolute atomic E-state index is 0. The molecule has 390 valence electrons. The maximum Gasteiger partial charge on any atom is 1.00 e. The number of allylic oxidation sites excluding steroid dienone is 3. The van der Waals surface area contributed by atoms with E-state index in [0.717, 1.165) is 81.7 Å². The number of likely N-dealkylation sites (tertiary alicyclic amines) is 2. The summed E-state index contributed by atoms with van der Waals surface area (Å²) in [5.74, 6) is -1.62. The monoisotopic (exact) mass is 1040 g/mol. The number of halogens is 5. The second kappa shape index (κ2) is 23.7. The molecule has 4 aliphatic heterocycles. The second-order valence-corrected chi connectivity index (χ2v) is 21.2. The maximum absolute atomic E-state index is 16.1. The number of benzene rings is 3. The van der Waals surface area contributed by atoms with Gasteiger partial charge >= 0.3 is 29.6 Å². The Morgan fingerprint density at radius 1 is 0.919 bits per heavy atom. The molecule has 2 aromatic heterocycles. The Morgan fingerprint density at radius 3 is 2.23 bits per heavy atom. The molecule has 3 unspecified atom stereocenters. The molecule has 10 rings (SSSR count). The molecule has 6 heterocycles. The smallest absolute Gasteiger partial charge is 0.482 e. The number of ether oxygens (including phenoxy) is 1. The van der Waals surface area contributed by atoms with Crippen molar-refractivity contribution >= 4 is 28.2 Å². The van der Waals surface area contributed by atoms with E-state index in [0.29, 0.717) is 52.7 Å². The van der Waals surface area contributed by atoms with Gasteiger partial charge in [0.1, 0.15) is 28.5 Å². The molecule has 0 bridgehead atoms. The van der Waals surface area contributed by atoms with E-state index in [1.807, 2.05) is 51.1 Å². The summed E-state index contributed by atoms with van der Waals surface area (Å²) in [5.41, 5.74) is 12.2. The van der Waals surface area contributed by atoms with E-state index in [1.165, 1.54) is 49.7 Å². The average Bonchev–Trinajstić information content (AvgIpc) is 3.84. The summed E-state index contributed by atoms with van der Waals surface area (Å²) in [6, 6.07) is 13.0.